The third-order valence-electron chi connectivity index (χ3n) is 3.83. The fourth-order valence-electron chi connectivity index (χ4n) is 2.68. The maximum absolute atomic E-state index is 11.3. The minimum Gasteiger partial charge on any atom is -0.497 e. The molecule has 0 aliphatic rings. The molecule has 0 amide bonds. The highest BCUT2D eigenvalue weighted by molar-refractivity contribution is 5.99. The predicted molar refractivity (Wildman–Crippen MR) is 90.4 cm³/mol. The number of hydrogen-bond acceptors (Lipinski definition) is 2. The molecule has 0 aliphatic heterocycles. The fraction of sp³-hybridized carbons (Fsp3) is 0.316. The van der Waals surface area contributed by atoms with Gasteiger partial charge < -0.3 is 9.84 Å². The molecule has 2 rings (SSSR count). The highest BCUT2D eigenvalue weighted by atomic mass is 16.5. The molecule has 0 saturated heterocycles. The van der Waals surface area contributed by atoms with E-state index in [4.69, 9.17) is 4.74 Å². The Morgan fingerprint density at radius 3 is 2.59 bits per heavy atom. The van der Waals surface area contributed by atoms with Crippen molar-refractivity contribution in [3.8, 4) is 5.75 Å². The van der Waals surface area contributed by atoms with Gasteiger partial charge in [-0.1, -0.05) is 38.5 Å². The van der Waals surface area contributed by atoms with Crippen LogP contribution in [0.15, 0.2) is 35.9 Å². The maximum atomic E-state index is 11.3. The number of carboxylic acids is 1. The maximum Gasteiger partial charge on any atom is 0.331 e. The molecule has 1 N–H and O–H groups in total. The summed E-state index contributed by atoms with van der Waals surface area (Å²) in [5, 5.41) is 11.5. The average molecular weight is 298 g/mol. The molecule has 3 heteroatoms. The Balaban J connectivity index is 2.72. The van der Waals surface area contributed by atoms with Crippen LogP contribution in [-0.4, -0.2) is 18.2 Å². The van der Waals surface area contributed by atoms with Crippen molar-refractivity contribution in [2.45, 2.75) is 33.1 Å². The molecule has 2 aromatic carbocycles. The van der Waals surface area contributed by atoms with Crippen LogP contribution in [0.1, 0.15) is 37.8 Å². The Bertz CT molecular complexity index is 714. The van der Waals surface area contributed by atoms with Gasteiger partial charge in [-0.05, 0) is 52.9 Å². The van der Waals surface area contributed by atoms with E-state index in [-0.39, 0.29) is 0 Å². The first-order chi connectivity index (χ1) is 10.6. The molecule has 116 valence electrons. The standard InChI is InChI=1S/C19H22O3/c1-4-7-14-8-6-9-17-15(10-13(5-2)19(20)21)11-16(22-3)12-18(14)17/h6,8-12H,4-5,7H2,1-3H3,(H,20,21)/b13-10-. The number of ether oxygens (including phenoxy) is 1. The summed E-state index contributed by atoms with van der Waals surface area (Å²) in [5.74, 6) is -0.119. The average Bonchev–Trinajstić information content (AvgIpc) is 2.52. The SMILES string of the molecule is CCCc1cccc2c(/C=C(/CC)C(=O)O)cc(OC)cc12. The van der Waals surface area contributed by atoms with Crippen LogP contribution in [0.4, 0.5) is 0 Å². The third kappa shape index (κ3) is 3.30. The number of rotatable bonds is 6. The zero-order valence-corrected chi connectivity index (χ0v) is 13.3. The number of aryl methyl sites for hydroxylation is 1. The van der Waals surface area contributed by atoms with E-state index >= 15 is 0 Å². The predicted octanol–water partition coefficient (Wildman–Crippen LogP) is 4.68. The van der Waals surface area contributed by atoms with Crippen molar-refractivity contribution >= 4 is 22.8 Å². The van der Waals surface area contributed by atoms with Crippen LogP contribution in [-0.2, 0) is 11.2 Å². The van der Waals surface area contributed by atoms with Crippen molar-refractivity contribution in [1.82, 2.24) is 0 Å². The number of hydrogen-bond donors (Lipinski definition) is 1. The molecule has 0 fully saturated rings. The fourth-order valence-corrected chi connectivity index (χ4v) is 2.68. The van der Waals surface area contributed by atoms with Gasteiger partial charge in [-0.3, -0.25) is 0 Å². The van der Waals surface area contributed by atoms with Crippen molar-refractivity contribution in [1.29, 1.82) is 0 Å². The second-order valence-electron chi connectivity index (χ2n) is 5.31. The van der Waals surface area contributed by atoms with Gasteiger partial charge >= 0.3 is 5.97 Å². The van der Waals surface area contributed by atoms with Crippen molar-refractivity contribution in [3.63, 3.8) is 0 Å². The van der Waals surface area contributed by atoms with E-state index in [2.05, 4.69) is 13.0 Å². The second-order valence-corrected chi connectivity index (χ2v) is 5.31. The molecule has 0 unspecified atom stereocenters. The van der Waals surface area contributed by atoms with Crippen molar-refractivity contribution in [2.24, 2.45) is 0 Å². The smallest absolute Gasteiger partial charge is 0.331 e. The number of methoxy groups -OCH3 is 1. The van der Waals surface area contributed by atoms with Gasteiger partial charge in [0.15, 0.2) is 0 Å². The van der Waals surface area contributed by atoms with Gasteiger partial charge in [-0.2, -0.15) is 0 Å². The normalized spacial score (nSPS) is 11.7. The summed E-state index contributed by atoms with van der Waals surface area (Å²) in [6, 6.07) is 10.1. The lowest BCUT2D eigenvalue weighted by molar-refractivity contribution is -0.132. The lowest BCUT2D eigenvalue weighted by Crippen LogP contribution is -1.99. The van der Waals surface area contributed by atoms with E-state index in [1.807, 2.05) is 31.2 Å². The number of aliphatic carboxylic acids is 1. The third-order valence-corrected chi connectivity index (χ3v) is 3.83. The van der Waals surface area contributed by atoms with Crippen LogP contribution in [0, 0.1) is 0 Å². The molecular weight excluding hydrogens is 276 g/mol. The molecule has 0 aliphatic carbocycles. The van der Waals surface area contributed by atoms with E-state index in [0.717, 1.165) is 34.9 Å². The largest absolute Gasteiger partial charge is 0.497 e. The first kappa shape index (κ1) is 16.1. The van der Waals surface area contributed by atoms with Gasteiger partial charge in [-0.25, -0.2) is 4.79 Å². The van der Waals surface area contributed by atoms with Crippen molar-refractivity contribution in [3.05, 3.63) is 47.0 Å². The van der Waals surface area contributed by atoms with Crippen molar-refractivity contribution < 1.29 is 14.6 Å². The monoisotopic (exact) mass is 298 g/mol. The first-order valence-corrected chi connectivity index (χ1v) is 7.64. The molecule has 2 aromatic rings. The van der Waals surface area contributed by atoms with E-state index in [1.165, 1.54) is 5.56 Å². The van der Waals surface area contributed by atoms with Gasteiger partial charge in [0.05, 0.1) is 7.11 Å². The lowest BCUT2D eigenvalue weighted by atomic mass is 9.96. The van der Waals surface area contributed by atoms with Crippen LogP contribution in [0.25, 0.3) is 16.8 Å². The van der Waals surface area contributed by atoms with Gasteiger partial charge in [0.1, 0.15) is 5.75 Å². The van der Waals surface area contributed by atoms with E-state index in [9.17, 15) is 9.90 Å². The molecule has 0 radical (unpaired) electrons. The Morgan fingerprint density at radius 2 is 2.00 bits per heavy atom. The summed E-state index contributed by atoms with van der Waals surface area (Å²) in [7, 11) is 1.63. The van der Waals surface area contributed by atoms with Gasteiger partial charge in [0.2, 0.25) is 0 Å². The van der Waals surface area contributed by atoms with Gasteiger partial charge in [0.25, 0.3) is 0 Å². The summed E-state index contributed by atoms with van der Waals surface area (Å²) in [6.45, 7) is 4.00. The van der Waals surface area contributed by atoms with Crippen LogP contribution in [0.5, 0.6) is 5.75 Å². The van der Waals surface area contributed by atoms with E-state index < -0.39 is 5.97 Å². The van der Waals surface area contributed by atoms with E-state index in [0.29, 0.717) is 12.0 Å². The van der Waals surface area contributed by atoms with Crippen LogP contribution in [0.2, 0.25) is 0 Å². The minimum atomic E-state index is -0.872. The molecule has 0 spiro atoms. The van der Waals surface area contributed by atoms with Crippen LogP contribution >= 0.6 is 0 Å². The van der Waals surface area contributed by atoms with Crippen LogP contribution in [0.3, 0.4) is 0 Å². The lowest BCUT2D eigenvalue weighted by Gasteiger charge is -2.11. The summed E-state index contributed by atoms with van der Waals surface area (Å²) < 4.78 is 5.40. The quantitative estimate of drug-likeness (QED) is 0.788. The Morgan fingerprint density at radius 1 is 1.23 bits per heavy atom. The summed E-state index contributed by atoms with van der Waals surface area (Å²) in [4.78, 5) is 11.3. The molecule has 22 heavy (non-hydrogen) atoms. The molecular formula is C19H22O3. The Labute approximate surface area is 131 Å². The summed E-state index contributed by atoms with van der Waals surface area (Å²) >= 11 is 0. The minimum absolute atomic E-state index is 0.399. The second kappa shape index (κ2) is 7.12. The summed E-state index contributed by atoms with van der Waals surface area (Å²) in [5.41, 5.74) is 2.56. The zero-order chi connectivity index (χ0) is 16.1. The number of carboxylic acid groups (broad SMARTS) is 1. The Kier molecular flexibility index (Phi) is 5.21. The van der Waals surface area contributed by atoms with Crippen molar-refractivity contribution in [2.75, 3.05) is 7.11 Å². The molecule has 0 aromatic heterocycles. The topological polar surface area (TPSA) is 46.5 Å². The number of carbonyl (C=O) groups is 1. The molecule has 0 heterocycles. The molecule has 0 atom stereocenters. The molecule has 3 nitrogen and oxygen atoms in total. The highest BCUT2D eigenvalue weighted by Crippen LogP contribution is 2.30. The van der Waals surface area contributed by atoms with Gasteiger partial charge in [0, 0.05) is 5.57 Å². The zero-order valence-electron chi connectivity index (χ0n) is 13.3. The highest BCUT2D eigenvalue weighted by Gasteiger charge is 2.10. The summed E-state index contributed by atoms with van der Waals surface area (Å²) in [6.07, 6.45) is 4.30. The van der Waals surface area contributed by atoms with Crippen LogP contribution < -0.4 is 4.74 Å². The first-order valence-electron chi connectivity index (χ1n) is 7.64. The van der Waals surface area contributed by atoms with Gasteiger partial charge in [-0.15, -0.1) is 0 Å². The number of fused-ring (bicyclic) bond motifs is 1. The molecule has 0 saturated carbocycles. The Hall–Kier alpha value is -2.29. The van der Waals surface area contributed by atoms with E-state index in [1.54, 1.807) is 13.2 Å². The molecule has 0 bridgehead atoms. The number of benzene rings is 2.